The second-order valence-corrected chi connectivity index (χ2v) is 15.5. The third kappa shape index (κ3) is 25.4. The van der Waals surface area contributed by atoms with E-state index in [1.54, 1.807) is 0 Å². The van der Waals surface area contributed by atoms with Gasteiger partial charge in [-0.3, -0.25) is 24.0 Å². The van der Waals surface area contributed by atoms with Crippen molar-refractivity contribution in [2.45, 2.75) is 193 Å². The van der Waals surface area contributed by atoms with Gasteiger partial charge in [-0.05, 0) is 76.0 Å². The molecule has 6 unspecified atom stereocenters. The van der Waals surface area contributed by atoms with E-state index in [1.807, 2.05) is 0 Å². The molecule has 0 aromatic rings. The molecular weight excluding hydrogens is 704 g/mol. The average Bonchev–Trinajstić information content (AvgIpc) is 3.48. The maximum absolute atomic E-state index is 12.9. The quantitative estimate of drug-likeness (QED) is 0.0180. The lowest BCUT2D eigenvalue weighted by Gasteiger charge is -2.30. The van der Waals surface area contributed by atoms with Gasteiger partial charge >= 0.3 is 29.8 Å². The van der Waals surface area contributed by atoms with E-state index in [4.69, 9.17) is 19.7 Å². The molecule has 0 saturated carbocycles. The first-order valence-electron chi connectivity index (χ1n) is 21.3. The maximum Gasteiger partial charge on any atom is 0.317 e. The Hall–Kier alpha value is -3.34. The predicted molar refractivity (Wildman–Crippen MR) is 212 cm³/mol. The normalized spacial score (nSPS) is 17.3. The molecule has 0 amide bonds. The van der Waals surface area contributed by atoms with Crippen LogP contribution in [-0.2, 0) is 38.2 Å². The molecule has 0 aromatic carbocycles. The Morgan fingerprint density at radius 3 is 1.67 bits per heavy atom. The van der Waals surface area contributed by atoms with E-state index in [0.717, 1.165) is 109 Å². The van der Waals surface area contributed by atoms with Crippen LogP contribution in [-0.4, -0.2) is 63.7 Å². The molecule has 1 fully saturated rings. The number of allylic oxidation sites excluding steroid dienone is 2. The van der Waals surface area contributed by atoms with Crippen molar-refractivity contribution in [3.8, 4) is 0 Å². The molecule has 314 valence electrons. The van der Waals surface area contributed by atoms with Crippen molar-refractivity contribution in [1.29, 1.82) is 0 Å². The van der Waals surface area contributed by atoms with E-state index in [-0.39, 0.29) is 37.5 Å². The molecule has 3 N–H and O–H groups in total. The molecule has 0 spiro atoms. The summed E-state index contributed by atoms with van der Waals surface area (Å²) in [5.41, 5.74) is 0. The minimum absolute atomic E-state index is 0.0321. The fourth-order valence-corrected chi connectivity index (χ4v) is 7.50. The van der Waals surface area contributed by atoms with Crippen LogP contribution in [0, 0.1) is 23.7 Å². The van der Waals surface area contributed by atoms with Crippen LogP contribution in [0.2, 0.25) is 0 Å². The molecule has 11 heteroatoms. The van der Waals surface area contributed by atoms with E-state index >= 15 is 0 Å². The highest BCUT2D eigenvalue weighted by Crippen LogP contribution is 2.35. The summed E-state index contributed by atoms with van der Waals surface area (Å²) in [4.78, 5) is 71.1. The van der Waals surface area contributed by atoms with Crippen LogP contribution in [0.1, 0.15) is 181 Å². The van der Waals surface area contributed by atoms with Crippen molar-refractivity contribution in [1.82, 2.24) is 0 Å². The van der Waals surface area contributed by atoms with Crippen molar-refractivity contribution in [2.24, 2.45) is 23.7 Å². The van der Waals surface area contributed by atoms with Crippen molar-refractivity contribution in [3.05, 3.63) is 24.3 Å². The van der Waals surface area contributed by atoms with Crippen LogP contribution in [0.3, 0.4) is 0 Å². The number of carboxylic acids is 3. The maximum atomic E-state index is 12.9. The van der Waals surface area contributed by atoms with E-state index in [0.29, 0.717) is 38.5 Å². The summed E-state index contributed by atoms with van der Waals surface area (Å²) in [7, 11) is 0. The molecule has 6 atom stereocenters. The fraction of sp³-hybridized carbons (Fsp3) is 0.773. The van der Waals surface area contributed by atoms with E-state index in [2.05, 4.69) is 38.2 Å². The van der Waals surface area contributed by atoms with Crippen LogP contribution in [0.25, 0.3) is 0 Å². The van der Waals surface area contributed by atoms with Crippen LogP contribution in [0.4, 0.5) is 0 Å². The Morgan fingerprint density at radius 1 is 0.691 bits per heavy atom. The minimum Gasteiger partial charge on any atom is -0.481 e. The standard InChI is InChI=1S/C44H72O11/c1-3-5-7-11-19-25-37(29-34(36(33-45)31-42(50)51)23-17-13-9-15-21-27-40(46)47)54-38(26-20-12-8-6-4-2)30-35(39-32-43(52)55-44(39)53)24-18-14-10-16-22-28-41(48)49/h19-20,25-26,33-39H,3-18,21-24,27-32H2,1-2H3,(H,46,47)(H,48,49)(H,50,51)/b25-19+,26-20+. The number of ether oxygens (including phenoxy) is 2. The van der Waals surface area contributed by atoms with E-state index in [1.165, 1.54) is 0 Å². The molecule has 1 saturated heterocycles. The second kappa shape index (κ2) is 31.8. The number of cyclic esters (lactones) is 2. The third-order valence-electron chi connectivity index (χ3n) is 10.7. The molecule has 1 aliphatic heterocycles. The molecule has 11 nitrogen and oxygen atoms in total. The van der Waals surface area contributed by atoms with Gasteiger partial charge in [-0.25, -0.2) is 0 Å². The first-order valence-corrected chi connectivity index (χ1v) is 21.3. The number of hydrogen-bond acceptors (Lipinski definition) is 8. The smallest absolute Gasteiger partial charge is 0.317 e. The van der Waals surface area contributed by atoms with E-state index in [9.17, 15) is 33.9 Å². The van der Waals surface area contributed by atoms with Gasteiger partial charge in [-0.15, -0.1) is 0 Å². The zero-order valence-electron chi connectivity index (χ0n) is 33.8. The van der Waals surface area contributed by atoms with Gasteiger partial charge in [0.15, 0.2) is 0 Å². The SMILES string of the molecule is CCCCC/C=C/C(CC(CCCCCCCC(=O)O)C(C=O)CC(=O)O)OC(/C=C/CCCCC)CC(CCCCCCCC(=O)O)C1CC(=O)OC1=O. The van der Waals surface area contributed by atoms with Crippen molar-refractivity contribution >= 4 is 36.1 Å². The third-order valence-corrected chi connectivity index (χ3v) is 10.7. The van der Waals surface area contributed by atoms with Crippen LogP contribution < -0.4 is 0 Å². The first-order chi connectivity index (χ1) is 26.5. The van der Waals surface area contributed by atoms with Crippen LogP contribution in [0.5, 0.6) is 0 Å². The summed E-state index contributed by atoms with van der Waals surface area (Å²) in [5.74, 6) is -5.33. The minimum atomic E-state index is -1.03. The Kier molecular flexibility index (Phi) is 28.7. The summed E-state index contributed by atoms with van der Waals surface area (Å²) in [6.07, 6.45) is 26.7. The topological polar surface area (TPSA) is 182 Å². The summed E-state index contributed by atoms with van der Waals surface area (Å²) in [6, 6.07) is 0. The summed E-state index contributed by atoms with van der Waals surface area (Å²) >= 11 is 0. The number of aliphatic carboxylic acids is 3. The molecule has 55 heavy (non-hydrogen) atoms. The zero-order valence-corrected chi connectivity index (χ0v) is 33.8. The van der Waals surface area contributed by atoms with Gasteiger partial charge < -0.3 is 29.6 Å². The van der Waals surface area contributed by atoms with Gasteiger partial charge in [-0.2, -0.15) is 0 Å². The number of carbonyl (C=O) groups excluding carboxylic acids is 3. The van der Waals surface area contributed by atoms with Gasteiger partial charge in [0.1, 0.15) is 6.29 Å². The summed E-state index contributed by atoms with van der Waals surface area (Å²) < 4.78 is 11.9. The molecule has 1 rings (SSSR count). The Morgan fingerprint density at radius 2 is 1.20 bits per heavy atom. The number of carboxylic acid groups (broad SMARTS) is 3. The number of hydrogen-bond donors (Lipinski definition) is 3. The number of carbonyl (C=O) groups is 6. The highest BCUT2D eigenvalue weighted by atomic mass is 16.6. The number of aldehydes is 1. The molecule has 0 radical (unpaired) electrons. The fourth-order valence-electron chi connectivity index (χ4n) is 7.50. The highest BCUT2D eigenvalue weighted by Gasteiger charge is 2.40. The second-order valence-electron chi connectivity index (χ2n) is 15.5. The van der Waals surface area contributed by atoms with Crippen LogP contribution >= 0.6 is 0 Å². The Balaban J connectivity index is 3.33. The lowest BCUT2D eigenvalue weighted by Crippen LogP contribution is -2.30. The Labute approximate surface area is 330 Å². The monoisotopic (exact) mass is 777 g/mol. The van der Waals surface area contributed by atoms with Crippen LogP contribution in [0.15, 0.2) is 24.3 Å². The van der Waals surface area contributed by atoms with Gasteiger partial charge in [0.2, 0.25) is 0 Å². The number of unbranched alkanes of at least 4 members (excludes halogenated alkanes) is 14. The number of rotatable bonds is 37. The summed E-state index contributed by atoms with van der Waals surface area (Å²) in [5, 5.41) is 27.6. The molecule has 1 heterocycles. The summed E-state index contributed by atoms with van der Waals surface area (Å²) in [6.45, 7) is 4.30. The predicted octanol–water partition coefficient (Wildman–Crippen LogP) is 10.0. The highest BCUT2D eigenvalue weighted by molar-refractivity contribution is 5.94. The largest absolute Gasteiger partial charge is 0.481 e. The lowest BCUT2D eigenvalue weighted by atomic mass is 9.81. The molecule has 0 bridgehead atoms. The van der Waals surface area contributed by atoms with Gasteiger partial charge in [-0.1, -0.05) is 115 Å². The van der Waals surface area contributed by atoms with Gasteiger partial charge in [0.05, 0.1) is 31.0 Å². The molecule has 0 aliphatic carbocycles. The van der Waals surface area contributed by atoms with Gasteiger partial charge in [0.25, 0.3) is 0 Å². The Bertz CT molecular complexity index is 1160. The molecular formula is C44H72O11. The molecule has 0 aromatic heterocycles. The van der Waals surface area contributed by atoms with Crippen molar-refractivity contribution in [2.75, 3.05) is 0 Å². The lowest BCUT2D eigenvalue weighted by molar-refractivity contribution is -0.154. The van der Waals surface area contributed by atoms with E-state index < -0.39 is 53.9 Å². The molecule has 1 aliphatic rings. The van der Waals surface area contributed by atoms with Crippen molar-refractivity contribution < 1.29 is 53.6 Å². The first kappa shape index (κ1) is 49.7. The average molecular weight is 777 g/mol. The van der Waals surface area contributed by atoms with Crippen molar-refractivity contribution in [3.63, 3.8) is 0 Å². The van der Waals surface area contributed by atoms with Gasteiger partial charge in [0, 0.05) is 18.8 Å². The number of esters is 2. The zero-order chi connectivity index (χ0) is 40.7.